The first-order chi connectivity index (χ1) is 8.41. The Kier molecular flexibility index (Phi) is 2.55. The van der Waals surface area contributed by atoms with E-state index in [0.717, 1.165) is 6.07 Å². The van der Waals surface area contributed by atoms with Crippen LogP contribution >= 0.6 is 0 Å². The van der Waals surface area contributed by atoms with Gasteiger partial charge in [-0.1, -0.05) is 6.07 Å². The van der Waals surface area contributed by atoms with Gasteiger partial charge in [0.15, 0.2) is 0 Å². The summed E-state index contributed by atoms with van der Waals surface area (Å²) in [4.78, 5) is 21.6. The van der Waals surface area contributed by atoms with Crippen molar-refractivity contribution in [2.75, 3.05) is 0 Å². The van der Waals surface area contributed by atoms with E-state index >= 15 is 0 Å². The molecular formula is C12H8O6. The quantitative estimate of drug-likeness (QED) is 0.642. The number of hydrogen-bond donors (Lipinski definition) is 4. The second kappa shape index (κ2) is 3.92. The molecule has 4 N–H and O–H groups in total. The van der Waals surface area contributed by atoms with Crippen LogP contribution in [0.25, 0.3) is 10.8 Å². The summed E-state index contributed by atoms with van der Waals surface area (Å²) in [5, 5.41) is 37.3. The molecule has 18 heavy (non-hydrogen) atoms. The van der Waals surface area contributed by atoms with E-state index in [2.05, 4.69) is 0 Å². The van der Waals surface area contributed by atoms with Gasteiger partial charge in [0.1, 0.15) is 22.6 Å². The van der Waals surface area contributed by atoms with Crippen molar-refractivity contribution in [2.45, 2.75) is 0 Å². The number of carboxylic acid groups (broad SMARTS) is 2. The van der Waals surface area contributed by atoms with Gasteiger partial charge in [-0.2, -0.15) is 0 Å². The highest BCUT2D eigenvalue weighted by atomic mass is 16.4. The molecule has 92 valence electrons. The molecule has 0 aliphatic carbocycles. The van der Waals surface area contributed by atoms with Crippen molar-refractivity contribution in [2.24, 2.45) is 0 Å². The smallest absolute Gasteiger partial charge is 0.339 e. The van der Waals surface area contributed by atoms with E-state index in [9.17, 15) is 19.8 Å². The van der Waals surface area contributed by atoms with Crippen molar-refractivity contribution in [3.05, 3.63) is 35.4 Å². The van der Waals surface area contributed by atoms with Gasteiger partial charge in [0.2, 0.25) is 0 Å². The topological polar surface area (TPSA) is 115 Å². The van der Waals surface area contributed by atoms with Crippen LogP contribution in [0.15, 0.2) is 24.3 Å². The van der Waals surface area contributed by atoms with Gasteiger partial charge in [0.25, 0.3) is 0 Å². The van der Waals surface area contributed by atoms with Crippen molar-refractivity contribution in [1.29, 1.82) is 0 Å². The number of carboxylic acids is 2. The van der Waals surface area contributed by atoms with Gasteiger partial charge in [-0.3, -0.25) is 0 Å². The average Bonchev–Trinajstić information content (AvgIpc) is 2.28. The average molecular weight is 248 g/mol. The van der Waals surface area contributed by atoms with E-state index in [0.29, 0.717) is 5.39 Å². The van der Waals surface area contributed by atoms with Gasteiger partial charge in [-0.05, 0) is 23.6 Å². The van der Waals surface area contributed by atoms with E-state index in [1.165, 1.54) is 18.2 Å². The zero-order chi connectivity index (χ0) is 13.4. The largest absolute Gasteiger partial charge is 0.507 e. The third-order valence-electron chi connectivity index (χ3n) is 2.57. The monoisotopic (exact) mass is 248 g/mol. The molecule has 0 atom stereocenters. The Morgan fingerprint density at radius 3 is 2.06 bits per heavy atom. The summed E-state index contributed by atoms with van der Waals surface area (Å²) >= 11 is 0. The van der Waals surface area contributed by atoms with Crippen molar-refractivity contribution in [1.82, 2.24) is 0 Å². The zero-order valence-corrected chi connectivity index (χ0v) is 8.91. The highest BCUT2D eigenvalue weighted by Gasteiger charge is 2.16. The Morgan fingerprint density at radius 1 is 0.889 bits per heavy atom. The fraction of sp³-hybridized carbons (Fsp3) is 0. The first kappa shape index (κ1) is 11.7. The van der Waals surface area contributed by atoms with Crippen LogP contribution < -0.4 is 0 Å². The Bertz CT molecular complexity index is 662. The van der Waals surface area contributed by atoms with Crippen LogP contribution in [0.1, 0.15) is 20.7 Å². The second-order valence-corrected chi connectivity index (χ2v) is 3.66. The SMILES string of the molecule is O=C(O)c1cc2ccc(C(=O)O)c(O)c2cc1O. The van der Waals surface area contributed by atoms with E-state index < -0.39 is 23.4 Å². The number of aromatic hydroxyl groups is 2. The molecule has 0 saturated heterocycles. The minimum atomic E-state index is -1.31. The lowest BCUT2D eigenvalue weighted by atomic mass is 10.0. The number of phenols is 2. The molecule has 0 spiro atoms. The Hall–Kier alpha value is -2.76. The van der Waals surface area contributed by atoms with Crippen LogP contribution in [-0.2, 0) is 0 Å². The van der Waals surface area contributed by atoms with Gasteiger partial charge in [-0.25, -0.2) is 9.59 Å². The normalized spacial score (nSPS) is 10.4. The molecule has 0 amide bonds. The molecule has 0 saturated carbocycles. The standard InChI is InChI=1S/C12H8O6/c13-9-4-7-5(3-8(9)12(17)18)1-2-6(10(7)14)11(15)16/h1-4,13-14H,(H,15,16)(H,17,18). The maximum Gasteiger partial charge on any atom is 0.339 e. The number of rotatable bonds is 2. The molecule has 2 rings (SSSR count). The maximum absolute atomic E-state index is 10.8. The van der Waals surface area contributed by atoms with Gasteiger partial charge >= 0.3 is 11.9 Å². The Labute approximate surface area is 100 Å². The van der Waals surface area contributed by atoms with Crippen molar-refractivity contribution >= 4 is 22.7 Å². The van der Waals surface area contributed by atoms with E-state index in [4.69, 9.17) is 10.2 Å². The number of aromatic carboxylic acids is 2. The van der Waals surface area contributed by atoms with Crippen LogP contribution in [0.4, 0.5) is 0 Å². The van der Waals surface area contributed by atoms with E-state index in [-0.39, 0.29) is 16.5 Å². The van der Waals surface area contributed by atoms with Crippen LogP contribution in [-0.4, -0.2) is 32.4 Å². The fourth-order valence-corrected chi connectivity index (χ4v) is 1.69. The molecule has 2 aromatic carbocycles. The van der Waals surface area contributed by atoms with Crippen LogP contribution in [0.3, 0.4) is 0 Å². The summed E-state index contributed by atoms with van der Waals surface area (Å²) in [6.45, 7) is 0. The van der Waals surface area contributed by atoms with E-state index in [1.807, 2.05) is 0 Å². The highest BCUT2D eigenvalue weighted by Crippen LogP contribution is 2.33. The predicted molar refractivity (Wildman–Crippen MR) is 61.2 cm³/mol. The minimum absolute atomic E-state index is 0.0809. The lowest BCUT2D eigenvalue weighted by molar-refractivity contribution is 0.0682. The van der Waals surface area contributed by atoms with Crippen LogP contribution in [0.5, 0.6) is 11.5 Å². The summed E-state index contributed by atoms with van der Waals surface area (Å²) in [5.74, 6) is -3.66. The summed E-state index contributed by atoms with van der Waals surface area (Å²) in [6, 6.07) is 4.73. The number of hydrogen-bond acceptors (Lipinski definition) is 4. The molecule has 0 radical (unpaired) electrons. The van der Waals surface area contributed by atoms with E-state index in [1.54, 1.807) is 0 Å². The lowest BCUT2D eigenvalue weighted by Crippen LogP contribution is -1.99. The Balaban J connectivity index is 2.81. The molecule has 0 fully saturated rings. The van der Waals surface area contributed by atoms with Crippen molar-refractivity contribution in [3.63, 3.8) is 0 Å². The second-order valence-electron chi connectivity index (χ2n) is 3.66. The van der Waals surface area contributed by atoms with Gasteiger partial charge in [0.05, 0.1) is 0 Å². The summed E-state index contributed by atoms with van der Waals surface area (Å²) in [7, 11) is 0. The number of benzene rings is 2. The number of fused-ring (bicyclic) bond motifs is 1. The fourth-order valence-electron chi connectivity index (χ4n) is 1.69. The number of carbonyl (C=O) groups is 2. The zero-order valence-electron chi connectivity index (χ0n) is 8.91. The molecule has 0 unspecified atom stereocenters. The van der Waals surface area contributed by atoms with Gasteiger partial charge in [0, 0.05) is 5.39 Å². The summed E-state index contributed by atoms with van der Waals surface area (Å²) < 4.78 is 0. The summed E-state index contributed by atoms with van der Waals surface area (Å²) in [5.41, 5.74) is -0.630. The molecule has 6 nitrogen and oxygen atoms in total. The lowest BCUT2D eigenvalue weighted by Gasteiger charge is -2.07. The first-order valence-electron chi connectivity index (χ1n) is 4.87. The molecule has 0 heterocycles. The highest BCUT2D eigenvalue weighted by molar-refractivity contribution is 6.04. The molecule has 6 heteroatoms. The molecule has 0 aromatic heterocycles. The third kappa shape index (κ3) is 1.69. The maximum atomic E-state index is 10.8. The first-order valence-corrected chi connectivity index (χ1v) is 4.87. The van der Waals surface area contributed by atoms with Gasteiger partial charge < -0.3 is 20.4 Å². The van der Waals surface area contributed by atoms with Crippen molar-refractivity contribution < 1.29 is 30.0 Å². The van der Waals surface area contributed by atoms with Crippen molar-refractivity contribution in [3.8, 4) is 11.5 Å². The molecule has 0 aliphatic heterocycles. The molecule has 0 bridgehead atoms. The van der Waals surface area contributed by atoms with Crippen LogP contribution in [0.2, 0.25) is 0 Å². The molecule has 0 aliphatic rings. The predicted octanol–water partition coefficient (Wildman–Crippen LogP) is 1.65. The molecule has 2 aromatic rings. The summed E-state index contributed by atoms with van der Waals surface area (Å²) in [6.07, 6.45) is 0. The minimum Gasteiger partial charge on any atom is -0.507 e. The Morgan fingerprint density at radius 2 is 1.50 bits per heavy atom. The third-order valence-corrected chi connectivity index (χ3v) is 2.57. The van der Waals surface area contributed by atoms with Gasteiger partial charge in [-0.15, -0.1) is 0 Å². The van der Waals surface area contributed by atoms with Crippen LogP contribution in [0, 0.1) is 0 Å². The molecular weight excluding hydrogens is 240 g/mol.